The van der Waals surface area contributed by atoms with Crippen molar-refractivity contribution in [3.63, 3.8) is 0 Å². The van der Waals surface area contributed by atoms with Crippen molar-refractivity contribution in [1.82, 2.24) is 4.98 Å². The number of aldehydes is 1. The topological polar surface area (TPSA) is 90.7 Å². The van der Waals surface area contributed by atoms with Crippen LogP contribution >= 0.6 is 0 Å². The van der Waals surface area contributed by atoms with Crippen LogP contribution in [0.3, 0.4) is 0 Å². The van der Waals surface area contributed by atoms with Gasteiger partial charge in [0.15, 0.2) is 0 Å². The number of hydrogen-bond donors (Lipinski definition) is 3. The van der Waals surface area contributed by atoms with Crippen LogP contribution < -0.4 is 0 Å². The van der Waals surface area contributed by atoms with Crippen LogP contribution in [-0.2, 0) is 0 Å². The third-order valence-corrected chi connectivity index (χ3v) is 2.03. The molecule has 0 aromatic carbocycles. The van der Waals surface area contributed by atoms with Crippen molar-refractivity contribution >= 4 is 6.29 Å². The van der Waals surface area contributed by atoms with Crippen molar-refractivity contribution in [3.8, 4) is 0 Å². The summed E-state index contributed by atoms with van der Waals surface area (Å²) in [4.78, 5) is 14.3. The predicted octanol–water partition coefficient (Wildman–Crippen LogP) is -0.329. The number of nitrogens with zero attached hydrogens (tertiary/aromatic N) is 1. The molecule has 15 heavy (non-hydrogen) atoms. The molecule has 0 amide bonds. The van der Waals surface area contributed by atoms with Crippen molar-refractivity contribution in [3.05, 3.63) is 29.6 Å². The Hall–Kier alpha value is -1.30. The SMILES string of the molecule is O=Cc1ccnc(C(O)C(O)CCO)c1. The average Bonchev–Trinajstić information content (AvgIpc) is 2.28. The lowest BCUT2D eigenvalue weighted by Gasteiger charge is -2.16. The minimum Gasteiger partial charge on any atom is -0.396 e. The van der Waals surface area contributed by atoms with Crippen LogP contribution in [-0.4, -0.2) is 39.3 Å². The van der Waals surface area contributed by atoms with Gasteiger partial charge in [0, 0.05) is 18.4 Å². The van der Waals surface area contributed by atoms with Gasteiger partial charge in [0.25, 0.3) is 0 Å². The molecule has 1 aromatic rings. The Morgan fingerprint density at radius 1 is 1.47 bits per heavy atom. The number of rotatable bonds is 5. The van der Waals surface area contributed by atoms with E-state index in [2.05, 4.69) is 4.98 Å². The van der Waals surface area contributed by atoms with Crippen molar-refractivity contribution in [1.29, 1.82) is 0 Å². The van der Waals surface area contributed by atoms with Gasteiger partial charge in [-0.05, 0) is 18.6 Å². The van der Waals surface area contributed by atoms with E-state index >= 15 is 0 Å². The molecule has 1 aromatic heterocycles. The average molecular weight is 211 g/mol. The summed E-state index contributed by atoms with van der Waals surface area (Å²) in [7, 11) is 0. The molecule has 0 fully saturated rings. The van der Waals surface area contributed by atoms with Crippen LogP contribution in [0.5, 0.6) is 0 Å². The molecule has 0 saturated carbocycles. The fourth-order valence-corrected chi connectivity index (χ4v) is 1.19. The molecule has 5 heteroatoms. The molecule has 0 radical (unpaired) electrons. The highest BCUT2D eigenvalue weighted by Crippen LogP contribution is 2.16. The second kappa shape index (κ2) is 5.55. The molecule has 3 N–H and O–H groups in total. The summed E-state index contributed by atoms with van der Waals surface area (Å²) in [5, 5.41) is 27.6. The number of hydrogen-bond acceptors (Lipinski definition) is 5. The molecule has 0 spiro atoms. The lowest BCUT2D eigenvalue weighted by Crippen LogP contribution is -2.20. The Labute approximate surface area is 87.0 Å². The Kier molecular flexibility index (Phi) is 4.36. The fraction of sp³-hybridized carbons (Fsp3) is 0.400. The minimum absolute atomic E-state index is 0.0637. The Morgan fingerprint density at radius 2 is 2.20 bits per heavy atom. The molecule has 1 heterocycles. The number of pyridine rings is 1. The van der Waals surface area contributed by atoms with Crippen LogP contribution in [0, 0.1) is 0 Å². The molecule has 0 bridgehead atoms. The quantitative estimate of drug-likeness (QED) is 0.580. The Bertz CT molecular complexity index is 329. The van der Waals surface area contributed by atoms with E-state index in [0.29, 0.717) is 11.8 Å². The molecule has 0 aliphatic rings. The Balaban J connectivity index is 2.80. The maximum absolute atomic E-state index is 10.5. The van der Waals surface area contributed by atoms with Gasteiger partial charge in [-0.1, -0.05) is 0 Å². The van der Waals surface area contributed by atoms with Crippen LogP contribution in [0.15, 0.2) is 18.3 Å². The molecule has 1 rings (SSSR count). The van der Waals surface area contributed by atoms with Gasteiger partial charge in [0.1, 0.15) is 12.4 Å². The summed E-state index contributed by atoms with van der Waals surface area (Å²) < 4.78 is 0. The van der Waals surface area contributed by atoms with Gasteiger partial charge in [0.2, 0.25) is 0 Å². The van der Waals surface area contributed by atoms with Gasteiger partial charge < -0.3 is 15.3 Å². The fourth-order valence-electron chi connectivity index (χ4n) is 1.19. The van der Waals surface area contributed by atoms with Crippen molar-refractivity contribution in [2.75, 3.05) is 6.61 Å². The number of aliphatic hydroxyl groups excluding tert-OH is 3. The third kappa shape index (κ3) is 3.09. The zero-order chi connectivity index (χ0) is 11.3. The molecular formula is C10H13NO4. The predicted molar refractivity (Wildman–Crippen MR) is 52.3 cm³/mol. The second-order valence-electron chi connectivity index (χ2n) is 3.16. The van der Waals surface area contributed by atoms with E-state index in [4.69, 9.17) is 5.11 Å². The van der Waals surface area contributed by atoms with Gasteiger partial charge in [-0.25, -0.2) is 0 Å². The molecule has 82 valence electrons. The van der Waals surface area contributed by atoms with Crippen molar-refractivity contribution in [2.24, 2.45) is 0 Å². The van der Waals surface area contributed by atoms with Crippen LogP contribution in [0.4, 0.5) is 0 Å². The molecule has 2 atom stereocenters. The summed E-state index contributed by atoms with van der Waals surface area (Å²) in [6.07, 6.45) is -0.181. The first-order chi connectivity index (χ1) is 7.19. The highest BCUT2D eigenvalue weighted by atomic mass is 16.3. The van der Waals surface area contributed by atoms with Crippen molar-refractivity contribution in [2.45, 2.75) is 18.6 Å². The summed E-state index contributed by atoms with van der Waals surface area (Å²) in [5.41, 5.74) is 0.607. The minimum atomic E-state index is -1.18. The van der Waals surface area contributed by atoms with Crippen LogP contribution in [0.1, 0.15) is 28.6 Å². The van der Waals surface area contributed by atoms with Gasteiger partial charge in [-0.15, -0.1) is 0 Å². The zero-order valence-corrected chi connectivity index (χ0v) is 8.08. The zero-order valence-electron chi connectivity index (χ0n) is 8.08. The first kappa shape index (κ1) is 11.8. The summed E-state index contributed by atoms with van der Waals surface area (Å²) >= 11 is 0. The van der Waals surface area contributed by atoms with E-state index < -0.39 is 12.2 Å². The third-order valence-electron chi connectivity index (χ3n) is 2.03. The van der Waals surface area contributed by atoms with E-state index in [1.54, 1.807) is 0 Å². The highest BCUT2D eigenvalue weighted by molar-refractivity contribution is 5.74. The molecular weight excluding hydrogens is 198 g/mol. The normalized spacial score (nSPS) is 14.6. The Morgan fingerprint density at radius 3 is 2.80 bits per heavy atom. The number of carbonyl (C=O) groups excluding carboxylic acids is 1. The van der Waals surface area contributed by atoms with Crippen molar-refractivity contribution < 1.29 is 20.1 Å². The lowest BCUT2D eigenvalue weighted by molar-refractivity contribution is 0.00189. The largest absolute Gasteiger partial charge is 0.396 e. The van der Waals surface area contributed by atoms with Gasteiger partial charge in [-0.2, -0.15) is 0 Å². The van der Waals surface area contributed by atoms with Gasteiger partial charge in [0.05, 0.1) is 11.8 Å². The first-order valence-electron chi connectivity index (χ1n) is 4.57. The maximum atomic E-state index is 10.5. The number of aliphatic hydroxyl groups is 3. The van der Waals surface area contributed by atoms with Gasteiger partial charge in [-0.3, -0.25) is 9.78 Å². The molecule has 2 unspecified atom stereocenters. The van der Waals surface area contributed by atoms with E-state index in [1.807, 2.05) is 0 Å². The number of carbonyl (C=O) groups is 1. The van der Waals surface area contributed by atoms with E-state index in [9.17, 15) is 15.0 Å². The lowest BCUT2D eigenvalue weighted by atomic mass is 10.1. The molecule has 0 aliphatic heterocycles. The molecule has 0 saturated heterocycles. The van der Waals surface area contributed by atoms with Crippen LogP contribution in [0.2, 0.25) is 0 Å². The van der Waals surface area contributed by atoms with Gasteiger partial charge >= 0.3 is 0 Å². The standard InChI is InChI=1S/C10H13NO4/c12-4-2-9(14)10(15)8-5-7(6-13)1-3-11-8/h1,3,5-6,9-10,12,14-15H,2,4H2. The summed E-state index contributed by atoms with van der Waals surface area (Å²) in [5.74, 6) is 0. The smallest absolute Gasteiger partial charge is 0.150 e. The van der Waals surface area contributed by atoms with E-state index in [0.717, 1.165) is 0 Å². The van der Waals surface area contributed by atoms with E-state index in [-0.39, 0.29) is 18.7 Å². The molecule has 5 nitrogen and oxygen atoms in total. The number of aromatic nitrogens is 1. The highest BCUT2D eigenvalue weighted by Gasteiger charge is 2.19. The summed E-state index contributed by atoms with van der Waals surface area (Å²) in [6, 6.07) is 2.90. The summed E-state index contributed by atoms with van der Waals surface area (Å²) in [6.45, 7) is -0.217. The molecule has 0 aliphatic carbocycles. The van der Waals surface area contributed by atoms with E-state index in [1.165, 1.54) is 18.3 Å². The second-order valence-corrected chi connectivity index (χ2v) is 3.16. The van der Waals surface area contributed by atoms with Crippen LogP contribution in [0.25, 0.3) is 0 Å². The first-order valence-corrected chi connectivity index (χ1v) is 4.57. The monoisotopic (exact) mass is 211 g/mol. The maximum Gasteiger partial charge on any atom is 0.150 e.